The monoisotopic (exact) mass is 300 g/mol. The van der Waals surface area contributed by atoms with Gasteiger partial charge in [0, 0.05) is 10.4 Å². The van der Waals surface area contributed by atoms with E-state index in [2.05, 4.69) is 0 Å². The third-order valence-corrected chi connectivity index (χ3v) is 3.91. The van der Waals surface area contributed by atoms with Gasteiger partial charge in [-0.15, -0.1) is 0 Å². The molecule has 0 saturated heterocycles. The Bertz CT molecular complexity index is 793. The predicted octanol–water partition coefficient (Wildman–Crippen LogP) is 5.02. The Balaban J connectivity index is 2.18. The summed E-state index contributed by atoms with van der Waals surface area (Å²) >= 11 is 6.19. The molecular formula is C18H14ClFO. The van der Waals surface area contributed by atoms with Crippen LogP contribution in [0.2, 0.25) is 5.02 Å². The maximum absolute atomic E-state index is 13.5. The number of aryl methyl sites for hydroxylation is 1. The first kappa shape index (κ1) is 14.1. The molecule has 3 heteroatoms. The van der Waals surface area contributed by atoms with Crippen LogP contribution in [-0.4, -0.2) is 5.11 Å². The smallest absolute Gasteiger partial charge is 0.123 e. The van der Waals surface area contributed by atoms with Gasteiger partial charge in [0.1, 0.15) is 11.9 Å². The summed E-state index contributed by atoms with van der Waals surface area (Å²) in [5, 5.41) is 13.0. The van der Waals surface area contributed by atoms with Crippen LogP contribution in [-0.2, 0) is 0 Å². The molecule has 0 fully saturated rings. The van der Waals surface area contributed by atoms with Crippen molar-refractivity contribution < 1.29 is 9.50 Å². The van der Waals surface area contributed by atoms with Crippen molar-refractivity contribution in [1.29, 1.82) is 0 Å². The van der Waals surface area contributed by atoms with Gasteiger partial charge in [-0.05, 0) is 47.2 Å². The van der Waals surface area contributed by atoms with E-state index in [4.69, 9.17) is 11.6 Å². The first-order valence-corrected chi connectivity index (χ1v) is 7.06. The first-order valence-electron chi connectivity index (χ1n) is 6.68. The topological polar surface area (TPSA) is 20.2 Å². The largest absolute Gasteiger partial charge is 0.384 e. The lowest BCUT2D eigenvalue weighted by Gasteiger charge is -2.15. The molecule has 0 aliphatic rings. The molecule has 0 aliphatic heterocycles. The fourth-order valence-electron chi connectivity index (χ4n) is 2.63. The molecule has 1 unspecified atom stereocenters. The lowest BCUT2D eigenvalue weighted by atomic mass is 9.95. The number of rotatable bonds is 2. The van der Waals surface area contributed by atoms with Gasteiger partial charge < -0.3 is 5.11 Å². The van der Waals surface area contributed by atoms with E-state index in [1.807, 2.05) is 24.3 Å². The van der Waals surface area contributed by atoms with E-state index >= 15 is 0 Å². The molecule has 1 nitrogen and oxygen atoms in total. The van der Waals surface area contributed by atoms with Gasteiger partial charge in [-0.3, -0.25) is 0 Å². The summed E-state index contributed by atoms with van der Waals surface area (Å²) in [5.41, 5.74) is 2.04. The Hall–Kier alpha value is -1.90. The Morgan fingerprint density at radius 3 is 2.43 bits per heavy atom. The lowest BCUT2D eigenvalue weighted by molar-refractivity contribution is 0.221. The number of fused-ring (bicyclic) bond motifs is 1. The van der Waals surface area contributed by atoms with Gasteiger partial charge in [-0.25, -0.2) is 4.39 Å². The summed E-state index contributed by atoms with van der Waals surface area (Å²) < 4.78 is 13.5. The minimum atomic E-state index is -0.887. The van der Waals surface area contributed by atoms with Gasteiger partial charge in [0.15, 0.2) is 0 Å². The molecule has 1 atom stereocenters. The van der Waals surface area contributed by atoms with Crippen molar-refractivity contribution in [3.8, 4) is 0 Å². The highest BCUT2D eigenvalue weighted by Gasteiger charge is 2.15. The average Bonchev–Trinajstić information content (AvgIpc) is 2.46. The molecule has 0 saturated carbocycles. The van der Waals surface area contributed by atoms with E-state index in [1.165, 1.54) is 12.1 Å². The molecule has 3 aromatic rings. The quantitative estimate of drug-likeness (QED) is 0.704. The third kappa shape index (κ3) is 2.65. The molecule has 21 heavy (non-hydrogen) atoms. The van der Waals surface area contributed by atoms with E-state index in [-0.39, 0.29) is 5.82 Å². The molecule has 0 heterocycles. The summed E-state index contributed by atoms with van der Waals surface area (Å²) in [7, 11) is 0. The summed E-state index contributed by atoms with van der Waals surface area (Å²) in [5.74, 6) is -0.345. The Morgan fingerprint density at radius 2 is 1.71 bits per heavy atom. The number of hydrogen-bond acceptors (Lipinski definition) is 1. The maximum atomic E-state index is 13.5. The summed E-state index contributed by atoms with van der Waals surface area (Å²) in [6.45, 7) is 1.80. The Labute approximate surface area is 127 Å². The van der Waals surface area contributed by atoms with Crippen LogP contribution >= 0.6 is 11.6 Å². The summed E-state index contributed by atoms with van der Waals surface area (Å²) in [4.78, 5) is 0. The molecule has 0 amide bonds. The second-order valence-corrected chi connectivity index (χ2v) is 5.55. The normalized spacial score (nSPS) is 12.6. The third-order valence-electron chi connectivity index (χ3n) is 3.58. The van der Waals surface area contributed by atoms with Crippen LogP contribution in [0.1, 0.15) is 22.8 Å². The van der Waals surface area contributed by atoms with Crippen LogP contribution in [0.4, 0.5) is 4.39 Å². The van der Waals surface area contributed by atoms with Crippen molar-refractivity contribution in [2.45, 2.75) is 13.0 Å². The van der Waals surface area contributed by atoms with Crippen molar-refractivity contribution in [2.24, 2.45) is 0 Å². The fourth-order valence-corrected chi connectivity index (χ4v) is 2.85. The maximum Gasteiger partial charge on any atom is 0.123 e. The molecule has 3 rings (SSSR count). The summed E-state index contributed by atoms with van der Waals surface area (Å²) in [6, 6.07) is 15.7. The Morgan fingerprint density at radius 1 is 1.00 bits per heavy atom. The standard InChI is InChI=1S/C18H14ClFO/c1-11-8-12(10-13(20)9-11)18(21)16-6-7-17(19)15-5-3-2-4-14(15)16/h2-10,18,21H,1H3. The zero-order valence-electron chi connectivity index (χ0n) is 11.5. The number of aliphatic hydroxyl groups excluding tert-OH is 1. The van der Waals surface area contributed by atoms with Crippen LogP contribution in [0, 0.1) is 12.7 Å². The van der Waals surface area contributed by atoms with Gasteiger partial charge in [0.2, 0.25) is 0 Å². The molecular weight excluding hydrogens is 287 g/mol. The molecule has 0 radical (unpaired) electrons. The Kier molecular flexibility index (Phi) is 3.66. The van der Waals surface area contributed by atoms with Crippen molar-refractivity contribution in [1.82, 2.24) is 0 Å². The zero-order valence-corrected chi connectivity index (χ0v) is 12.2. The average molecular weight is 301 g/mol. The van der Waals surface area contributed by atoms with E-state index in [0.29, 0.717) is 10.6 Å². The highest BCUT2D eigenvalue weighted by molar-refractivity contribution is 6.35. The van der Waals surface area contributed by atoms with Gasteiger partial charge in [0.25, 0.3) is 0 Å². The van der Waals surface area contributed by atoms with Gasteiger partial charge in [-0.1, -0.05) is 48.0 Å². The number of benzene rings is 3. The molecule has 106 valence electrons. The molecule has 1 N–H and O–H groups in total. The molecule has 3 aromatic carbocycles. The van der Waals surface area contributed by atoms with Crippen molar-refractivity contribution in [2.75, 3.05) is 0 Å². The lowest BCUT2D eigenvalue weighted by Crippen LogP contribution is -2.02. The predicted molar refractivity (Wildman–Crippen MR) is 84.2 cm³/mol. The van der Waals surface area contributed by atoms with Gasteiger partial charge >= 0.3 is 0 Å². The minimum absolute atomic E-state index is 0.345. The SMILES string of the molecule is Cc1cc(F)cc(C(O)c2ccc(Cl)c3ccccc23)c1. The van der Waals surface area contributed by atoms with Crippen LogP contribution in [0.25, 0.3) is 10.8 Å². The van der Waals surface area contributed by atoms with Gasteiger partial charge in [0.05, 0.1) is 0 Å². The van der Waals surface area contributed by atoms with Crippen LogP contribution in [0.5, 0.6) is 0 Å². The van der Waals surface area contributed by atoms with E-state index in [1.54, 1.807) is 25.1 Å². The van der Waals surface area contributed by atoms with Crippen molar-refractivity contribution in [3.05, 3.63) is 82.1 Å². The molecule has 0 bridgehead atoms. The fraction of sp³-hybridized carbons (Fsp3) is 0.111. The molecule has 0 aromatic heterocycles. The summed E-state index contributed by atoms with van der Waals surface area (Å²) in [6.07, 6.45) is -0.887. The second kappa shape index (κ2) is 5.47. The minimum Gasteiger partial charge on any atom is -0.384 e. The number of hydrogen-bond donors (Lipinski definition) is 1. The van der Waals surface area contributed by atoms with E-state index < -0.39 is 6.10 Å². The van der Waals surface area contributed by atoms with Crippen LogP contribution in [0.3, 0.4) is 0 Å². The van der Waals surface area contributed by atoms with E-state index in [0.717, 1.165) is 21.9 Å². The highest BCUT2D eigenvalue weighted by Crippen LogP contribution is 2.33. The number of aliphatic hydroxyl groups is 1. The number of halogens is 2. The second-order valence-electron chi connectivity index (χ2n) is 5.15. The zero-order chi connectivity index (χ0) is 15.0. The van der Waals surface area contributed by atoms with Crippen molar-refractivity contribution in [3.63, 3.8) is 0 Å². The molecule has 0 spiro atoms. The van der Waals surface area contributed by atoms with Crippen LogP contribution < -0.4 is 0 Å². The van der Waals surface area contributed by atoms with Crippen LogP contribution in [0.15, 0.2) is 54.6 Å². The molecule has 0 aliphatic carbocycles. The highest BCUT2D eigenvalue weighted by atomic mass is 35.5. The van der Waals surface area contributed by atoms with Gasteiger partial charge in [-0.2, -0.15) is 0 Å². The van der Waals surface area contributed by atoms with E-state index in [9.17, 15) is 9.50 Å². The van der Waals surface area contributed by atoms with Crippen molar-refractivity contribution >= 4 is 22.4 Å². The first-order chi connectivity index (χ1) is 10.1.